The molecule has 1 unspecified atom stereocenters. The molecule has 0 saturated carbocycles. The molecule has 4 N–H and O–H groups in total. The van der Waals surface area contributed by atoms with Gasteiger partial charge < -0.3 is 25.7 Å². The van der Waals surface area contributed by atoms with E-state index in [2.05, 4.69) is 10.5 Å². The van der Waals surface area contributed by atoms with Gasteiger partial charge >= 0.3 is 0 Å². The zero-order chi connectivity index (χ0) is 15.7. The van der Waals surface area contributed by atoms with Gasteiger partial charge in [0.05, 0.1) is 5.69 Å². The molecule has 0 spiro atoms. The molecule has 116 valence electrons. The molecular weight excluding hydrogens is 274 g/mol. The number of carbonyl (C=O) groups excluding carboxylic acids is 1. The molecule has 0 aliphatic heterocycles. The van der Waals surface area contributed by atoms with E-state index >= 15 is 0 Å². The third-order valence-corrected chi connectivity index (χ3v) is 2.65. The first-order valence-electron chi connectivity index (χ1n) is 6.53. The molecule has 1 aromatic rings. The molecule has 7 nitrogen and oxygen atoms in total. The van der Waals surface area contributed by atoms with Crippen LogP contribution in [0.4, 0.5) is 5.69 Å². The average molecular weight is 295 g/mol. The molecule has 0 heterocycles. The van der Waals surface area contributed by atoms with Gasteiger partial charge in [0.25, 0.3) is 0 Å². The number of amidine groups is 1. The summed E-state index contributed by atoms with van der Waals surface area (Å²) in [4.78, 5) is 11.9. The molecule has 1 amide bonds. The second-order valence-electron chi connectivity index (χ2n) is 4.69. The van der Waals surface area contributed by atoms with Crippen LogP contribution in [0.2, 0.25) is 0 Å². The van der Waals surface area contributed by atoms with Crippen molar-refractivity contribution in [3.05, 3.63) is 24.3 Å². The zero-order valence-corrected chi connectivity index (χ0v) is 12.2. The van der Waals surface area contributed by atoms with Gasteiger partial charge in [-0.25, -0.2) is 0 Å². The highest BCUT2D eigenvalue weighted by molar-refractivity contribution is 5.92. The molecule has 1 aromatic carbocycles. The van der Waals surface area contributed by atoms with Gasteiger partial charge in [0.15, 0.2) is 5.84 Å². The van der Waals surface area contributed by atoms with Crippen molar-refractivity contribution in [3.63, 3.8) is 0 Å². The maximum absolute atomic E-state index is 11.9. The molecule has 0 aliphatic rings. The van der Waals surface area contributed by atoms with Crippen molar-refractivity contribution >= 4 is 17.4 Å². The Morgan fingerprint density at radius 3 is 2.86 bits per heavy atom. The number of rotatable bonds is 8. The number of methoxy groups -OCH3 is 1. The SMILES string of the molecule is COCC(C)CC(=O)Nc1ccccc1OC/C(N)=N/O. The van der Waals surface area contributed by atoms with Gasteiger partial charge in [-0.1, -0.05) is 24.2 Å². The van der Waals surface area contributed by atoms with Crippen LogP contribution in [-0.4, -0.2) is 37.3 Å². The zero-order valence-electron chi connectivity index (χ0n) is 12.2. The molecule has 21 heavy (non-hydrogen) atoms. The summed E-state index contributed by atoms with van der Waals surface area (Å²) in [6.07, 6.45) is 0.350. The van der Waals surface area contributed by atoms with Crippen molar-refractivity contribution in [1.82, 2.24) is 0 Å². The van der Waals surface area contributed by atoms with Gasteiger partial charge in [0, 0.05) is 20.1 Å². The molecule has 0 saturated heterocycles. The van der Waals surface area contributed by atoms with E-state index < -0.39 is 0 Å². The minimum Gasteiger partial charge on any atom is -0.483 e. The van der Waals surface area contributed by atoms with E-state index in [0.717, 1.165) is 0 Å². The van der Waals surface area contributed by atoms with Crippen LogP contribution in [0.25, 0.3) is 0 Å². The smallest absolute Gasteiger partial charge is 0.224 e. The highest BCUT2D eigenvalue weighted by atomic mass is 16.5. The highest BCUT2D eigenvalue weighted by Gasteiger charge is 2.11. The number of nitrogens with two attached hydrogens (primary N) is 1. The molecule has 0 bridgehead atoms. The largest absolute Gasteiger partial charge is 0.483 e. The van der Waals surface area contributed by atoms with E-state index in [4.69, 9.17) is 20.4 Å². The van der Waals surface area contributed by atoms with Gasteiger partial charge in [-0.2, -0.15) is 0 Å². The average Bonchev–Trinajstić information content (AvgIpc) is 2.46. The van der Waals surface area contributed by atoms with Crippen molar-refractivity contribution in [2.75, 3.05) is 25.6 Å². The van der Waals surface area contributed by atoms with Crippen LogP contribution in [0.3, 0.4) is 0 Å². The summed E-state index contributed by atoms with van der Waals surface area (Å²) in [7, 11) is 1.60. The van der Waals surface area contributed by atoms with Crippen LogP contribution in [-0.2, 0) is 9.53 Å². The Morgan fingerprint density at radius 1 is 1.48 bits per heavy atom. The molecule has 0 radical (unpaired) electrons. The summed E-state index contributed by atoms with van der Waals surface area (Å²) in [5, 5.41) is 14.1. The number of anilines is 1. The third kappa shape index (κ3) is 6.13. The summed E-state index contributed by atoms with van der Waals surface area (Å²) in [6, 6.07) is 6.97. The molecule has 0 aromatic heterocycles. The molecule has 1 atom stereocenters. The first kappa shape index (κ1) is 16.8. The predicted octanol–water partition coefficient (Wildman–Crippen LogP) is 1.42. The lowest BCUT2D eigenvalue weighted by atomic mass is 10.1. The molecule has 0 aliphatic carbocycles. The van der Waals surface area contributed by atoms with E-state index in [1.807, 2.05) is 6.92 Å². The summed E-state index contributed by atoms with van der Waals surface area (Å²) in [6.45, 7) is 2.39. The summed E-state index contributed by atoms with van der Waals surface area (Å²) in [5.41, 5.74) is 5.88. The second-order valence-corrected chi connectivity index (χ2v) is 4.69. The summed E-state index contributed by atoms with van der Waals surface area (Å²) in [5.74, 6) is 0.404. The predicted molar refractivity (Wildman–Crippen MR) is 79.6 cm³/mol. The lowest BCUT2D eigenvalue weighted by molar-refractivity contribution is -0.117. The van der Waals surface area contributed by atoms with Gasteiger partial charge in [-0.15, -0.1) is 0 Å². The number of nitrogens with one attached hydrogen (secondary N) is 1. The first-order chi connectivity index (χ1) is 10.1. The minimum absolute atomic E-state index is 0.0511. The van der Waals surface area contributed by atoms with E-state index in [-0.39, 0.29) is 24.3 Å². The quantitative estimate of drug-likeness (QED) is 0.291. The van der Waals surface area contributed by atoms with Gasteiger partial charge in [0.1, 0.15) is 12.4 Å². The van der Waals surface area contributed by atoms with E-state index in [9.17, 15) is 4.79 Å². The Morgan fingerprint density at radius 2 is 2.19 bits per heavy atom. The summed E-state index contributed by atoms with van der Waals surface area (Å²) < 4.78 is 10.4. The van der Waals surface area contributed by atoms with Crippen LogP contribution in [0.5, 0.6) is 5.75 Å². The Hall–Kier alpha value is -2.28. The van der Waals surface area contributed by atoms with Crippen LogP contribution in [0.1, 0.15) is 13.3 Å². The maximum Gasteiger partial charge on any atom is 0.224 e. The Balaban J connectivity index is 2.64. The van der Waals surface area contributed by atoms with Gasteiger partial charge in [-0.05, 0) is 18.1 Å². The third-order valence-electron chi connectivity index (χ3n) is 2.65. The number of ether oxygens (including phenoxy) is 2. The first-order valence-corrected chi connectivity index (χ1v) is 6.53. The fourth-order valence-electron chi connectivity index (χ4n) is 1.74. The monoisotopic (exact) mass is 295 g/mol. The normalized spacial score (nSPS) is 12.8. The van der Waals surface area contributed by atoms with Crippen molar-refractivity contribution < 1.29 is 19.5 Å². The van der Waals surface area contributed by atoms with Crippen LogP contribution in [0.15, 0.2) is 29.4 Å². The number of amides is 1. The molecule has 1 rings (SSSR count). The highest BCUT2D eigenvalue weighted by Crippen LogP contribution is 2.24. The minimum atomic E-state index is -0.126. The Bertz CT molecular complexity index is 491. The number of nitrogens with zero attached hydrogens (tertiary/aromatic N) is 1. The Labute approximate surface area is 123 Å². The number of oxime groups is 1. The van der Waals surface area contributed by atoms with Crippen molar-refractivity contribution in [1.29, 1.82) is 0 Å². The molecule has 7 heteroatoms. The van der Waals surface area contributed by atoms with Crippen molar-refractivity contribution in [3.8, 4) is 5.75 Å². The van der Waals surface area contributed by atoms with Gasteiger partial charge in [-0.3, -0.25) is 4.79 Å². The van der Waals surface area contributed by atoms with Gasteiger partial charge in [0.2, 0.25) is 5.91 Å². The standard InChI is InChI=1S/C14H21N3O4/c1-10(8-20-2)7-14(18)16-11-5-3-4-6-12(11)21-9-13(15)17-19/h3-6,10,19H,7-9H2,1-2H3,(H2,15,17)(H,16,18). The van der Waals surface area contributed by atoms with Crippen LogP contribution in [0, 0.1) is 5.92 Å². The van der Waals surface area contributed by atoms with Crippen LogP contribution < -0.4 is 15.8 Å². The fourth-order valence-corrected chi connectivity index (χ4v) is 1.74. The molecular formula is C14H21N3O4. The molecule has 0 fully saturated rings. The summed E-state index contributed by atoms with van der Waals surface area (Å²) >= 11 is 0. The van der Waals surface area contributed by atoms with Crippen molar-refractivity contribution in [2.45, 2.75) is 13.3 Å². The van der Waals surface area contributed by atoms with E-state index in [1.165, 1.54) is 0 Å². The van der Waals surface area contributed by atoms with E-state index in [0.29, 0.717) is 24.5 Å². The number of para-hydroxylation sites is 2. The van der Waals surface area contributed by atoms with Crippen LogP contribution >= 0.6 is 0 Å². The lowest BCUT2D eigenvalue weighted by Gasteiger charge is -2.13. The lowest BCUT2D eigenvalue weighted by Crippen LogP contribution is -2.22. The Kier molecular flexibility index (Phi) is 7.03. The van der Waals surface area contributed by atoms with E-state index in [1.54, 1.807) is 31.4 Å². The fraction of sp³-hybridized carbons (Fsp3) is 0.429. The number of carbonyl (C=O) groups is 1. The number of hydrogen-bond donors (Lipinski definition) is 3. The number of hydrogen-bond acceptors (Lipinski definition) is 5. The topological polar surface area (TPSA) is 106 Å². The number of benzene rings is 1. The second kappa shape index (κ2) is 8.80. The van der Waals surface area contributed by atoms with Crippen molar-refractivity contribution in [2.24, 2.45) is 16.8 Å². The maximum atomic E-state index is 11.9.